The zero-order chi connectivity index (χ0) is 18.9. The number of methoxy groups -OCH3 is 1. The molecular formula is C16H21F3N2O4. The van der Waals surface area contributed by atoms with Crippen molar-refractivity contribution in [3.8, 4) is 0 Å². The number of nitrogens with one attached hydrogen (secondary N) is 1. The van der Waals surface area contributed by atoms with Crippen LogP contribution in [0.25, 0.3) is 0 Å². The van der Waals surface area contributed by atoms with Crippen molar-refractivity contribution in [2.75, 3.05) is 45.3 Å². The quantitative estimate of drug-likeness (QED) is 0.684. The van der Waals surface area contributed by atoms with Crippen LogP contribution in [0.1, 0.15) is 12.5 Å². The minimum absolute atomic E-state index is 0.223. The van der Waals surface area contributed by atoms with Gasteiger partial charge in [-0.2, -0.15) is 13.2 Å². The van der Waals surface area contributed by atoms with E-state index in [-0.39, 0.29) is 32.0 Å². The molecule has 0 aliphatic heterocycles. The Kier molecular flexibility index (Phi) is 8.36. The number of anilines is 1. The highest BCUT2D eigenvalue weighted by Crippen LogP contribution is 2.34. The van der Waals surface area contributed by atoms with Crippen LogP contribution in [0.2, 0.25) is 0 Å². The molecule has 0 spiro atoms. The predicted molar refractivity (Wildman–Crippen MR) is 85.0 cm³/mol. The molecule has 140 valence electrons. The van der Waals surface area contributed by atoms with E-state index in [1.54, 1.807) is 6.92 Å². The molecule has 1 N–H and O–H groups in total. The number of rotatable bonds is 9. The van der Waals surface area contributed by atoms with Gasteiger partial charge in [-0.05, 0) is 19.1 Å². The fourth-order valence-corrected chi connectivity index (χ4v) is 1.97. The van der Waals surface area contributed by atoms with Crippen molar-refractivity contribution in [1.82, 2.24) is 4.90 Å². The van der Waals surface area contributed by atoms with Gasteiger partial charge in [-0.3, -0.25) is 9.59 Å². The summed E-state index contributed by atoms with van der Waals surface area (Å²) in [6.45, 7) is 1.84. The maximum absolute atomic E-state index is 12.9. The van der Waals surface area contributed by atoms with Gasteiger partial charge >= 0.3 is 6.18 Å². The second-order valence-electron chi connectivity index (χ2n) is 5.04. The highest BCUT2D eigenvalue weighted by Gasteiger charge is 2.33. The molecule has 0 bridgehead atoms. The molecule has 1 aromatic rings. The molecular weight excluding hydrogens is 341 g/mol. The third-order valence-electron chi connectivity index (χ3n) is 3.23. The van der Waals surface area contributed by atoms with Crippen LogP contribution in [0, 0.1) is 0 Å². The van der Waals surface area contributed by atoms with Gasteiger partial charge in [-0.15, -0.1) is 0 Å². The summed E-state index contributed by atoms with van der Waals surface area (Å²) in [5, 5.41) is 2.20. The van der Waals surface area contributed by atoms with Crippen LogP contribution in [-0.2, 0) is 25.2 Å². The molecule has 1 rings (SSSR count). The summed E-state index contributed by atoms with van der Waals surface area (Å²) in [5.74, 6) is -1.15. The Morgan fingerprint density at radius 2 is 1.88 bits per heavy atom. The average molecular weight is 362 g/mol. The first-order chi connectivity index (χ1) is 11.8. The van der Waals surface area contributed by atoms with Gasteiger partial charge < -0.3 is 19.7 Å². The lowest BCUT2D eigenvalue weighted by atomic mass is 10.1. The fraction of sp³-hybridized carbons (Fsp3) is 0.500. The van der Waals surface area contributed by atoms with Crippen molar-refractivity contribution < 1.29 is 32.2 Å². The lowest BCUT2D eigenvalue weighted by molar-refractivity contribution is -0.139. The summed E-state index contributed by atoms with van der Waals surface area (Å²) in [4.78, 5) is 25.2. The van der Waals surface area contributed by atoms with E-state index in [0.717, 1.165) is 12.1 Å². The van der Waals surface area contributed by atoms with Gasteiger partial charge in [0.05, 0.1) is 31.0 Å². The summed E-state index contributed by atoms with van der Waals surface area (Å²) < 4.78 is 48.6. The van der Waals surface area contributed by atoms with Crippen LogP contribution >= 0.6 is 0 Å². The molecule has 9 heteroatoms. The van der Waals surface area contributed by atoms with Crippen molar-refractivity contribution in [2.24, 2.45) is 0 Å². The number of carbonyl (C=O) groups is 2. The first-order valence-corrected chi connectivity index (χ1v) is 7.60. The number of hydrogen-bond acceptors (Lipinski definition) is 4. The summed E-state index contributed by atoms with van der Waals surface area (Å²) >= 11 is 0. The van der Waals surface area contributed by atoms with Gasteiger partial charge in [-0.1, -0.05) is 12.1 Å². The molecule has 0 radical (unpaired) electrons. The monoisotopic (exact) mass is 362 g/mol. The fourth-order valence-electron chi connectivity index (χ4n) is 1.97. The number of alkyl halides is 3. The first kappa shape index (κ1) is 20.9. The van der Waals surface area contributed by atoms with Crippen molar-refractivity contribution in [1.29, 1.82) is 0 Å². The number of para-hydroxylation sites is 1. The number of amides is 2. The number of likely N-dealkylation sites (N-methyl/N-ethyl adjacent to an activating group) is 1. The number of benzene rings is 1. The van der Waals surface area contributed by atoms with Gasteiger partial charge in [0.2, 0.25) is 11.8 Å². The lowest BCUT2D eigenvalue weighted by Gasteiger charge is -2.21. The molecule has 0 aliphatic rings. The van der Waals surface area contributed by atoms with Crippen LogP contribution < -0.4 is 5.32 Å². The molecule has 0 heterocycles. The molecule has 0 aliphatic carbocycles. The normalized spacial score (nSPS) is 11.2. The van der Waals surface area contributed by atoms with Gasteiger partial charge in [-0.25, -0.2) is 0 Å². The molecule has 6 nitrogen and oxygen atoms in total. The number of nitrogens with zero attached hydrogens (tertiary/aromatic N) is 1. The largest absolute Gasteiger partial charge is 0.418 e. The lowest BCUT2D eigenvalue weighted by Crippen LogP contribution is -2.40. The summed E-state index contributed by atoms with van der Waals surface area (Å²) in [6.07, 6.45) is -4.58. The molecule has 2 amide bonds. The molecule has 0 unspecified atom stereocenters. The van der Waals surface area contributed by atoms with E-state index in [4.69, 9.17) is 9.47 Å². The second kappa shape index (κ2) is 10.00. The highest BCUT2D eigenvalue weighted by molar-refractivity contribution is 5.95. The summed E-state index contributed by atoms with van der Waals surface area (Å²) in [6, 6.07) is 4.66. The Bertz CT molecular complexity index is 579. The van der Waals surface area contributed by atoms with Crippen molar-refractivity contribution >= 4 is 17.5 Å². The van der Waals surface area contributed by atoms with Crippen molar-refractivity contribution in [3.63, 3.8) is 0 Å². The molecule has 1 aromatic carbocycles. The van der Waals surface area contributed by atoms with E-state index in [9.17, 15) is 22.8 Å². The SMILES string of the molecule is CCN(CC(=O)Nc1ccccc1C(F)(F)F)C(=O)COCCOC. The molecule has 0 fully saturated rings. The smallest absolute Gasteiger partial charge is 0.382 e. The van der Waals surface area contributed by atoms with Crippen LogP contribution in [-0.4, -0.2) is 56.7 Å². The zero-order valence-electron chi connectivity index (χ0n) is 14.1. The Morgan fingerprint density at radius 3 is 2.48 bits per heavy atom. The van der Waals surface area contributed by atoms with Gasteiger partial charge in [0.1, 0.15) is 6.61 Å². The van der Waals surface area contributed by atoms with Crippen molar-refractivity contribution in [2.45, 2.75) is 13.1 Å². The van der Waals surface area contributed by atoms with E-state index in [1.807, 2.05) is 0 Å². The van der Waals surface area contributed by atoms with E-state index < -0.39 is 23.6 Å². The van der Waals surface area contributed by atoms with E-state index in [2.05, 4.69) is 5.32 Å². The number of halogens is 3. The van der Waals surface area contributed by atoms with Gasteiger partial charge in [0.25, 0.3) is 0 Å². The minimum Gasteiger partial charge on any atom is -0.382 e. The topological polar surface area (TPSA) is 67.9 Å². The third-order valence-corrected chi connectivity index (χ3v) is 3.23. The molecule has 0 atom stereocenters. The zero-order valence-corrected chi connectivity index (χ0v) is 14.1. The predicted octanol–water partition coefficient (Wildman–Crippen LogP) is 2.16. The highest BCUT2D eigenvalue weighted by atomic mass is 19.4. The maximum atomic E-state index is 12.9. The van der Waals surface area contributed by atoms with E-state index in [1.165, 1.54) is 24.1 Å². The van der Waals surface area contributed by atoms with Gasteiger partial charge in [0, 0.05) is 13.7 Å². The Hall–Kier alpha value is -2.13. The Labute approximate surface area is 143 Å². The van der Waals surface area contributed by atoms with Crippen LogP contribution in [0.5, 0.6) is 0 Å². The summed E-state index contributed by atoms with van der Waals surface area (Å²) in [7, 11) is 1.49. The van der Waals surface area contributed by atoms with Crippen molar-refractivity contribution in [3.05, 3.63) is 29.8 Å². The number of hydrogen-bond donors (Lipinski definition) is 1. The Balaban J connectivity index is 2.64. The average Bonchev–Trinajstić information content (AvgIpc) is 2.56. The van der Waals surface area contributed by atoms with E-state index >= 15 is 0 Å². The van der Waals surface area contributed by atoms with Gasteiger partial charge in [0.15, 0.2) is 0 Å². The molecule has 0 saturated heterocycles. The number of carbonyl (C=O) groups excluding carboxylic acids is 2. The second-order valence-corrected chi connectivity index (χ2v) is 5.04. The van der Waals surface area contributed by atoms with E-state index in [0.29, 0.717) is 6.61 Å². The number of ether oxygens (including phenoxy) is 2. The molecule has 0 aromatic heterocycles. The third kappa shape index (κ3) is 7.10. The molecule has 0 saturated carbocycles. The van der Waals surface area contributed by atoms with Crippen LogP contribution in [0.4, 0.5) is 18.9 Å². The first-order valence-electron chi connectivity index (χ1n) is 7.60. The van der Waals surface area contributed by atoms with Crippen LogP contribution in [0.3, 0.4) is 0 Å². The molecule has 25 heavy (non-hydrogen) atoms. The summed E-state index contributed by atoms with van der Waals surface area (Å²) in [5.41, 5.74) is -1.29. The maximum Gasteiger partial charge on any atom is 0.418 e. The Morgan fingerprint density at radius 1 is 1.20 bits per heavy atom. The minimum atomic E-state index is -4.58. The standard InChI is InChI=1S/C16H21F3N2O4/c1-3-21(15(23)11-25-9-8-24-2)10-14(22)20-13-7-5-4-6-12(13)16(17,18)19/h4-7H,3,8-11H2,1-2H3,(H,20,22). The van der Waals surface area contributed by atoms with Crippen LogP contribution in [0.15, 0.2) is 24.3 Å².